The molecule has 0 heterocycles. The summed E-state index contributed by atoms with van der Waals surface area (Å²) in [6.07, 6.45) is 0. The SMILES string of the molecule is CC.Cc1cc(C(=O)O)ccc1[N+](=O)[O-]. The van der Waals surface area contributed by atoms with Crippen molar-refractivity contribution >= 4 is 11.7 Å². The van der Waals surface area contributed by atoms with Crippen LogP contribution < -0.4 is 0 Å². The second kappa shape index (κ2) is 5.74. The van der Waals surface area contributed by atoms with Gasteiger partial charge in [-0.1, -0.05) is 13.8 Å². The zero-order valence-electron chi connectivity index (χ0n) is 8.85. The summed E-state index contributed by atoms with van der Waals surface area (Å²) in [4.78, 5) is 20.3. The van der Waals surface area contributed by atoms with E-state index in [2.05, 4.69) is 0 Å². The Morgan fingerprint density at radius 2 is 1.93 bits per heavy atom. The first kappa shape index (κ1) is 13.1. The molecule has 0 aromatic heterocycles. The van der Waals surface area contributed by atoms with Crippen LogP contribution in [0.15, 0.2) is 18.2 Å². The van der Waals surface area contributed by atoms with Crippen LogP contribution in [0.3, 0.4) is 0 Å². The lowest BCUT2D eigenvalue weighted by molar-refractivity contribution is -0.385. The largest absolute Gasteiger partial charge is 0.478 e. The summed E-state index contributed by atoms with van der Waals surface area (Å²) >= 11 is 0. The molecule has 0 fully saturated rings. The molecule has 0 spiro atoms. The van der Waals surface area contributed by atoms with Gasteiger partial charge in [-0.15, -0.1) is 0 Å². The molecule has 0 aliphatic heterocycles. The molecule has 0 aliphatic rings. The number of rotatable bonds is 2. The van der Waals surface area contributed by atoms with Gasteiger partial charge in [0.05, 0.1) is 10.5 Å². The standard InChI is InChI=1S/C8H7NO4.C2H6/c1-5-4-6(8(10)11)2-3-7(5)9(12)13;1-2/h2-4H,1H3,(H,10,11);1-2H3. The van der Waals surface area contributed by atoms with Gasteiger partial charge in [-0.3, -0.25) is 10.1 Å². The molecule has 1 N–H and O–H groups in total. The van der Waals surface area contributed by atoms with Gasteiger partial charge in [-0.05, 0) is 19.1 Å². The van der Waals surface area contributed by atoms with E-state index < -0.39 is 10.9 Å². The van der Waals surface area contributed by atoms with Crippen LogP contribution in [-0.2, 0) is 0 Å². The van der Waals surface area contributed by atoms with Crippen LogP contribution in [0.25, 0.3) is 0 Å². The van der Waals surface area contributed by atoms with Crippen molar-refractivity contribution in [3.05, 3.63) is 39.4 Å². The Balaban J connectivity index is 0.000000921. The third-order valence-corrected chi connectivity index (χ3v) is 1.64. The molecule has 0 saturated heterocycles. The van der Waals surface area contributed by atoms with Gasteiger partial charge in [0, 0.05) is 11.6 Å². The molecule has 1 rings (SSSR count). The number of hydrogen-bond acceptors (Lipinski definition) is 3. The van der Waals surface area contributed by atoms with E-state index in [9.17, 15) is 14.9 Å². The number of hydrogen-bond donors (Lipinski definition) is 1. The van der Waals surface area contributed by atoms with Gasteiger partial charge in [0.15, 0.2) is 0 Å². The first-order valence-corrected chi connectivity index (χ1v) is 4.50. The number of benzene rings is 1. The maximum absolute atomic E-state index is 10.5. The molecule has 5 heteroatoms. The zero-order valence-corrected chi connectivity index (χ0v) is 8.85. The van der Waals surface area contributed by atoms with Crippen molar-refractivity contribution in [3.63, 3.8) is 0 Å². The summed E-state index contributed by atoms with van der Waals surface area (Å²) < 4.78 is 0. The van der Waals surface area contributed by atoms with Crippen molar-refractivity contribution in [3.8, 4) is 0 Å². The van der Waals surface area contributed by atoms with Crippen LogP contribution in [0.1, 0.15) is 29.8 Å². The van der Waals surface area contributed by atoms with Crippen LogP contribution in [0.4, 0.5) is 5.69 Å². The summed E-state index contributed by atoms with van der Waals surface area (Å²) in [6.45, 7) is 5.50. The fourth-order valence-electron chi connectivity index (χ4n) is 0.993. The third-order valence-electron chi connectivity index (χ3n) is 1.64. The van der Waals surface area contributed by atoms with E-state index in [0.717, 1.165) is 0 Å². The number of nitro benzene ring substituents is 1. The highest BCUT2D eigenvalue weighted by molar-refractivity contribution is 5.88. The molecule has 0 amide bonds. The van der Waals surface area contributed by atoms with Crippen LogP contribution in [0.2, 0.25) is 0 Å². The fourth-order valence-corrected chi connectivity index (χ4v) is 0.993. The van der Waals surface area contributed by atoms with Crippen molar-refractivity contribution < 1.29 is 14.8 Å². The van der Waals surface area contributed by atoms with E-state index in [1.54, 1.807) is 0 Å². The van der Waals surface area contributed by atoms with Crippen molar-refractivity contribution in [2.75, 3.05) is 0 Å². The van der Waals surface area contributed by atoms with Gasteiger partial charge >= 0.3 is 5.97 Å². The minimum Gasteiger partial charge on any atom is -0.478 e. The number of carboxylic acid groups (broad SMARTS) is 1. The first-order valence-electron chi connectivity index (χ1n) is 4.50. The molecule has 0 unspecified atom stereocenters. The topological polar surface area (TPSA) is 80.4 Å². The van der Waals surface area contributed by atoms with E-state index >= 15 is 0 Å². The Hall–Kier alpha value is -1.91. The van der Waals surface area contributed by atoms with Crippen LogP contribution in [-0.4, -0.2) is 16.0 Å². The highest BCUT2D eigenvalue weighted by atomic mass is 16.6. The van der Waals surface area contributed by atoms with E-state index in [1.165, 1.54) is 25.1 Å². The number of carbonyl (C=O) groups is 1. The molecular formula is C10H13NO4. The van der Waals surface area contributed by atoms with Crippen molar-refractivity contribution in [1.82, 2.24) is 0 Å². The van der Waals surface area contributed by atoms with E-state index in [-0.39, 0.29) is 11.3 Å². The molecule has 0 radical (unpaired) electrons. The van der Waals surface area contributed by atoms with Gasteiger partial charge in [0.25, 0.3) is 5.69 Å². The lowest BCUT2D eigenvalue weighted by Gasteiger charge is -1.97. The molecule has 82 valence electrons. The van der Waals surface area contributed by atoms with Gasteiger partial charge in [0.1, 0.15) is 0 Å². The normalized spacial score (nSPS) is 8.73. The summed E-state index contributed by atoms with van der Waals surface area (Å²) in [5.74, 6) is -1.09. The summed E-state index contributed by atoms with van der Waals surface area (Å²) in [6, 6.07) is 3.69. The van der Waals surface area contributed by atoms with E-state index in [1.807, 2.05) is 13.8 Å². The predicted molar refractivity (Wildman–Crippen MR) is 56.1 cm³/mol. The Kier molecular flexibility index (Phi) is 5.01. The second-order valence-electron chi connectivity index (χ2n) is 2.56. The smallest absolute Gasteiger partial charge is 0.335 e. The Labute approximate surface area is 87.5 Å². The lowest BCUT2D eigenvalue weighted by atomic mass is 10.1. The molecule has 0 aliphatic carbocycles. The Bertz CT molecular complexity index is 374. The van der Waals surface area contributed by atoms with Crippen molar-refractivity contribution in [2.45, 2.75) is 20.8 Å². The maximum Gasteiger partial charge on any atom is 0.335 e. The highest BCUT2D eigenvalue weighted by Gasteiger charge is 2.12. The summed E-state index contributed by atoms with van der Waals surface area (Å²) in [7, 11) is 0. The fraction of sp³-hybridized carbons (Fsp3) is 0.300. The number of aryl methyl sites for hydroxylation is 1. The lowest BCUT2D eigenvalue weighted by Crippen LogP contribution is -1.98. The number of nitro groups is 1. The molecule has 0 atom stereocenters. The monoisotopic (exact) mass is 211 g/mol. The summed E-state index contributed by atoms with van der Waals surface area (Å²) in [5.41, 5.74) is 0.345. The predicted octanol–water partition coefficient (Wildman–Crippen LogP) is 2.63. The number of aromatic carboxylic acids is 1. The van der Waals surface area contributed by atoms with Crippen LogP contribution in [0.5, 0.6) is 0 Å². The van der Waals surface area contributed by atoms with E-state index in [0.29, 0.717) is 5.56 Å². The zero-order chi connectivity index (χ0) is 12.0. The quantitative estimate of drug-likeness (QED) is 0.602. The molecule has 0 saturated carbocycles. The van der Waals surface area contributed by atoms with Gasteiger partial charge in [-0.2, -0.15) is 0 Å². The van der Waals surface area contributed by atoms with Gasteiger partial charge < -0.3 is 5.11 Å². The number of carboxylic acids is 1. The molecule has 1 aromatic carbocycles. The minimum absolute atomic E-state index is 0.0584. The maximum atomic E-state index is 10.5. The van der Waals surface area contributed by atoms with Crippen molar-refractivity contribution in [2.24, 2.45) is 0 Å². The molecule has 5 nitrogen and oxygen atoms in total. The second-order valence-corrected chi connectivity index (χ2v) is 2.56. The van der Waals surface area contributed by atoms with Crippen LogP contribution >= 0.6 is 0 Å². The molecule has 0 bridgehead atoms. The van der Waals surface area contributed by atoms with Crippen LogP contribution in [0, 0.1) is 17.0 Å². The van der Waals surface area contributed by atoms with Gasteiger partial charge in [0.2, 0.25) is 0 Å². The highest BCUT2D eigenvalue weighted by Crippen LogP contribution is 2.18. The average Bonchev–Trinajstić information content (AvgIpc) is 2.20. The molecular weight excluding hydrogens is 198 g/mol. The van der Waals surface area contributed by atoms with E-state index in [4.69, 9.17) is 5.11 Å². The summed E-state index contributed by atoms with van der Waals surface area (Å²) in [5, 5.41) is 18.9. The number of nitrogens with zero attached hydrogens (tertiary/aromatic N) is 1. The minimum atomic E-state index is -1.09. The first-order chi connectivity index (χ1) is 7.02. The third kappa shape index (κ3) is 3.38. The molecule has 1 aromatic rings. The molecule has 15 heavy (non-hydrogen) atoms. The average molecular weight is 211 g/mol. The Morgan fingerprint density at radius 3 is 2.27 bits per heavy atom. The Morgan fingerprint density at radius 1 is 1.40 bits per heavy atom. The van der Waals surface area contributed by atoms with Crippen molar-refractivity contribution in [1.29, 1.82) is 0 Å². The van der Waals surface area contributed by atoms with Gasteiger partial charge in [-0.25, -0.2) is 4.79 Å².